The van der Waals surface area contributed by atoms with Crippen LogP contribution >= 0.6 is 0 Å². The summed E-state index contributed by atoms with van der Waals surface area (Å²) in [5.41, 5.74) is 13.2. The zero-order valence-corrected chi connectivity index (χ0v) is 33.6. The minimum atomic E-state index is 0.641. The standard InChI is InChI=1S/C58H36N4/c1-3-17-37(18-4-1)38-31-33-39(34-32-38)57-45-25-11-14-28-50(45)59-58(60-57)62-52-30-16-13-27-47(52)56-44-24-10-8-22-42(44)49(36-54(56)62)48-35-53-55(43-23-9-7-21-41(43)48)46-26-12-15-29-51(46)61(53)40-19-5-2-6-20-40/h1-36H. The summed E-state index contributed by atoms with van der Waals surface area (Å²) in [6.45, 7) is 0. The molecule has 4 nitrogen and oxygen atoms in total. The van der Waals surface area contributed by atoms with E-state index in [1.54, 1.807) is 0 Å². The van der Waals surface area contributed by atoms with Crippen molar-refractivity contribution in [2.45, 2.75) is 0 Å². The Kier molecular flexibility index (Phi) is 7.57. The van der Waals surface area contributed by atoms with Gasteiger partial charge in [0.05, 0.1) is 33.3 Å². The summed E-state index contributed by atoms with van der Waals surface area (Å²) in [7, 11) is 0. The Morgan fingerprint density at radius 3 is 1.34 bits per heavy atom. The van der Waals surface area contributed by atoms with Gasteiger partial charge in [0.15, 0.2) is 0 Å². The van der Waals surface area contributed by atoms with Crippen molar-refractivity contribution in [1.29, 1.82) is 0 Å². The molecule has 0 spiro atoms. The molecular formula is C58H36N4. The van der Waals surface area contributed by atoms with Gasteiger partial charge in [-0.15, -0.1) is 0 Å². The molecule has 0 unspecified atom stereocenters. The van der Waals surface area contributed by atoms with Gasteiger partial charge in [0.25, 0.3) is 0 Å². The molecule has 0 saturated heterocycles. The van der Waals surface area contributed by atoms with Gasteiger partial charge in [0.1, 0.15) is 0 Å². The summed E-state index contributed by atoms with van der Waals surface area (Å²) in [5, 5.41) is 10.7. The van der Waals surface area contributed by atoms with E-state index in [2.05, 4.69) is 228 Å². The van der Waals surface area contributed by atoms with Crippen LogP contribution in [-0.2, 0) is 0 Å². The quantitative estimate of drug-likeness (QED) is 0.174. The number of rotatable bonds is 5. The molecule has 3 aromatic heterocycles. The molecule has 0 atom stereocenters. The van der Waals surface area contributed by atoms with E-state index in [4.69, 9.17) is 9.97 Å². The molecule has 13 rings (SSSR count). The number of benzene rings is 10. The first-order chi connectivity index (χ1) is 30.8. The second-order valence-electron chi connectivity index (χ2n) is 16.1. The minimum Gasteiger partial charge on any atom is -0.309 e. The van der Waals surface area contributed by atoms with Gasteiger partial charge >= 0.3 is 0 Å². The largest absolute Gasteiger partial charge is 0.309 e. The van der Waals surface area contributed by atoms with E-state index in [-0.39, 0.29) is 0 Å². The summed E-state index contributed by atoms with van der Waals surface area (Å²) in [6.07, 6.45) is 0. The zero-order valence-electron chi connectivity index (χ0n) is 33.6. The van der Waals surface area contributed by atoms with Crippen molar-refractivity contribution in [3.63, 3.8) is 0 Å². The molecule has 0 aliphatic rings. The Balaban J connectivity index is 1.12. The number of hydrogen-bond donors (Lipinski definition) is 0. The fourth-order valence-electron chi connectivity index (χ4n) is 10.0. The molecular weight excluding hydrogens is 753 g/mol. The lowest BCUT2D eigenvalue weighted by Crippen LogP contribution is -2.03. The first-order valence-corrected chi connectivity index (χ1v) is 21.2. The molecule has 4 heteroatoms. The van der Waals surface area contributed by atoms with E-state index in [0.717, 1.165) is 44.4 Å². The van der Waals surface area contributed by atoms with E-state index < -0.39 is 0 Å². The molecule has 0 saturated carbocycles. The van der Waals surface area contributed by atoms with Crippen LogP contribution in [0, 0.1) is 0 Å². The third-order valence-corrected chi connectivity index (χ3v) is 12.7. The van der Waals surface area contributed by atoms with Crippen molar-refractivity contribution in [3.05, 3.63) is 218 Å². The van der Waals surface area contributed by atoms with Crippen LogP contribution in [-0.4, -0.2) is 19.1 Å². The Hall–Kier alpha value is -8.34. The highest BCUT2D eigenvalue weighted by Gasteiger charge is 2.23. The molecule has 3 heterocycles. The highest BCUT2D eigenvalue weighted by molar-refractivity contribution is 6.28. The third kappa shape index (κ3) is 5.14. The Morgan fingerprint density at radius 2 is 0.726 bits per heavy atom. The molecule has 0 amide bonds. The molecule has 0 bridgehead atoms. The van der Waals surface area contributed by atoms with Gasteiger partial charge in [-0.2, -0.15) is 0 Å². The summed E-state index contributed by atoms with van der Waals surface area (Å²) >= 11 is 0. The summed E-state index contributed by atoms with van der Waals surface area (Å²) in [5.74, 6) is 0.641. The maximum atomic E-state index is 5.51. The zero-order chi connectivity index (χ0) is 40.7. The van der Waals surface area contributed by atoms with Crippen LogP contribution in [0.2, 0.25) is 0 Å². The smallest absolute Gasteiger partial charge is 0.235 e. The first-order valence-electron chi connectivity index (χ1n) is 21.2. The van der Waals surface area contributed by atoms with Crippen LogP contribution in [0.25, 0.3) is 121 Å². The topological polar surface area (TPSA) is 35.6 Å². The number of nitrogens with zero attached hydrogens (tertiary/aromatic N) is 4. The summed E-state index contributed by atoms with van der Waals surface area (Å²) < 4.78 is 4.71. The van der Waals surface area contributed by atoms with E-state index in [0.29, 0.717) is 5.95 Å². The average Bonchev–Trinajstić information content (AvgIpc) is 3.87. The normalized spacial score (nSPS) is 11.9. The van der Waals surface area contributed by atoms with Gasteiger partial charge in [-0.25, -0.2) is 9.97 Å². The number of para-hydroxylation sites is 4. The van der Waals surface area contributed by atoms with E-state index in [9.17, 15) is 0 Å². The van der Waals surface area contributed by atoms with Gasteiger partial charge in [-0.3, -0.25) is 4.57 Å². The molecule has 13 aromatic rings. The fraction of sp³-hybridized carbons (Fsp3) is 0. The monoisotopic (exact) mass is 788 g/mol. The van der Waals surface area contributed by atoms with Crippen LogP contribution in [0.4, 0.5) is 0 Å². The van der Waals surface area contributed by atoms with Gasteiger partial charge in [-0.05, 0) is 86.3 Å². The van der Waals surface area contributed by atoms with Gasteiger partial charge < -0.3 is 4.57 Å². The molecule has 0 aliphatic carbocycles. The summed E-state index contributed by atoms with van der Waals surface area (Å²) in [6, 6.07) is 78.5. The Bertz CT molecular complexity index is 3900. The second kappa shape index (κ2) is 13.6. The highest BCUT2D eigenvalue weighted by atomic mass is 15.2. The lowest BCUT2D eigenvalue weighted by Gasteiger charge is -2.16. The summed E-state index contributed by atoms with van der Waals surface area (Å²) in [4.78, 5) is 10.9. The van der Waals surface area contributed by atoms with Crippen molar-refractivity contribution in [1.82, 2.24) is 19.1 Å². The van der Waals surface area contributed by atoms with Crippen LogP contribution in [0.5, 0.6) is 0 Å². The lowest BCUT2D eigenvalue weighted by atomic mass is 9.90. The third-order valence-electron chi connectivity index (χ3n) is 12.7. The predicted octanol–water partition coefficient (Wildman–Crippen LogP) is 15.1. The molecule has 288 valence electrons. The predicted molar refractivity (Wildman–Crippen MR) is 260 cm³/mol. The Labute approximate surface area is 357 Å². The van der Waals surface area contributed by atoms with E-state index in [1.165, 1.54) is 70.8 Å². The minimum absolute atomic E-state index is 0.641. The van der Waals surface area contributed by atoms with Crippen molar-refractivity contribution >= 4 is 76.1 Å². The maximum absolute atomic E-state index is 5.51. The maximum Gasteiger partial charge on any atom is 0.235 e. The number of hydrogen-bond acceptors (Lipinski definition) is 2. The molecule has 10 aromatic carbocycles. The Morgan fingerprint density at radius 1 is 0.290 bits per heavy atom. The van der Waals surface area contributed by atoms with Gasteiger partial charge in [0, 0.05) is 38.2 Å². The van der Waals surface area contributed by atoms with E-state index in [1.807, 2.05) is 0 Å². The van der Waals surface area contributed by atoms with Gasteiger partial charge in [0.2, 0.25) is 5.95 Å². The second-order valence-corrected chi connectivity index (χ2v) is 16.1. The van der Waals surface area contributed by atoms with Gasteiger partial charge in [-0.1, -0.05) is 176 Å². The SMILES string of the molecule is c1ccc(-c2ccc(-c3nc(-n4c5ccccc5c5c6ccccc6c(-c6cc7c(c8ccccc68)c6ccccc6n7-c6ccccc6)cc54)nc4ccccc34)cc2)cc1. The molecule has 0 radical (unpaired) electrons. The fourth-order valence-corrected chi connectivity index (χ4v) is 10.0. The van der Waals surface area contributed by atoms with Crippen molar-refractivity contribution < 1.29 is 0 Å². The van der Waals surface area contributed by atoms with Crippen molar-refractivity contribution in [2.24, 2.45) is 0 Å². The molecule has 0 N–H and O–H groups in total. The number of aromatic nitrogens is 4. The molecule has 62 heavy (non-hydrogen) atoms. The van der Waals surface area contributed by atoms with Crippen LogP contribution in [0.15, 0.2) is 218 Å². The van der Waals surface area contributed by atoms with Crippen molar-refractivity contribution in [3.8, 4) is 45.1 Å². The van der Waals surface area contributed by atoms with E-state index >= 15 is 0 Å². The number of fused-ring (bicyclic) bond motifs is 11. The average molecular weight is 789 g/mol. The highest BCUT2D eigenvalue weighted by Crippen LogP contribution is 2.46. The lowest BCUT2D eigenvalue weighted by molar-refractivity contribution is 1.01. The molecule has 0 fully saturated rings. The van der Waals surface area contributed by atoms with Crippen molar-refractivity contribution in [2.75, 3.05) is 0 Å². The van der Waals surface area contributed by atoms with Crippen LogP contribution in [0.3, 0.4) is 0 Å². The van der Waals surface area contributed by atoms with Crippen LogP contribution in [0.1, 0.15) is 0 Å². The van der Waals surface area contributed by atoms with Crippen LogP contribution < -0.4 is 0 Å². The first kappa shape index (κ1) is 34.5. The molecule has 0 aliphatic heterocycles.